The molecule has 1 aromatic carbocycles. The molecule has 0 aliphatic heterocycles. The Morgan fingerprint density at radius 1 is 1.25 bits per heavy atom. The minimum atomic E-state index is -0.310. The summed E-state index contributed by atoms with van der Waals surface area (Å²) in [6.45, 7) is 2.23. The highest BCUT2D eigenvalue weighted by atomic mass is 28.2. The lowest BCUT2D eigenvalue weighted by Crippen LogP contribution is -2.26. The minimum Gasteiger partial charge on any atom is -0.415 e. The molecule has 0 heterocycles. The molecule has 0 N–H and O–H groups in total. The second-order valence-corrected chi connectivity index (χ2v) is 5.81. The van der Waals surface area contributed by atoms with Crippen LogP contribution in [0.5, 0.6) is 0 Å². The monoisotopic (exact) mass is 230 g/mol. The van der Waals surface area contributed by atoms with Crippen molar-refractivity contribution in [2.24, 2.45) is 5.92 Å². The number of fused-ring (bicyclic) bond motifs is 2. The lowest BCUT2D eigenvalue weighted by Gasteiger charge is -2.26. The van der Waals surface area contributed by atoms with Crippen LogP contribution in [0.15, 0.2) is 42.5 Å². The third-order valence-corrected chi connectivity index (χ3v) is 4.83. The molecule has 3 atom stereocenters. The molecule has 84 valence electrons. The van der Waals surface area contributed by atoms with Gasteiger partial charge in [0, 0.05) is 0 Å². The van der Waals surface area contributed by atoms with E-state index in [9.17, 15) is 0 Å². The smallest absolute Gasteiger partial charge is 0.159 e. The van der Waals surface area contributed by atoms with Crippen molar-refractivity contribution in [3.8, 4) is 0 Å². The van der Waals surface area contributed by atoms with Crippen molar-refractivity contribution in [2.45, 2.75) is 30.9 Å². The molecule has 0 amide bonds. The molecule has 3 rings (SSSR count). The minimum absolute atomic E-state index is 0.117. The van der Waals surface area contributed by atoms with Gasteiger partial charge in [0.1, 0.15) is 0 Å². The van der Waals surface area contributed by atoms with Gasteiger partial charge in [-0.25, -0.2) is 0 Å². The summed E-state index contributed by atoms with van der Waals surface area (Å²) < 4.78 is 6.09. The maximum Gasteiger partial charge on any atom is 0.159 e. The molecule has 3 unspecified atom stereocenters. The van der Waals surface area contributed by atoms with Crippen LogP contribution in [0.4, 0.5) is 0 Å². The van der Waals surface area contributed by atoms with Gasteiger partial charge in [-0.1, -0.05) is 49.0 Å². The third kappa shape index (κ3) is 1.57. The Kier molecular flexibility index (Phi) is 2.49. The number of benzene rings is 1. The molecular formula is C14H18OSi. The van der Waals surface area contributed by atoms with Crippen LogP contribution in [-0.2, 0) is 4.43 Å². The maximum absolute atomic E-state index is 6.09. The Hall–Kier alpha value is -0.863. The van der Waals surface area contributed by atoms with E-state index in [-0.39, 0.29) is 15.4 Å². The molecule has 1 saturated carbocycles. The largest absolute Gasteiger partial charge is 0.415 e. The summed E-state index contributed by atoms with van der Waals surface area (Å²) in [7, 11) is -0.310. The van der Waals surface area contributed by atoms with E-state index in [1.54, 1.807) is 0 Å². The van der Waals surface area contributed by atoms with Crippen molar-refractivity contribution in [1.29, 1.82) is 0 Å². The summed E-state index contributed by atoms with van der Waals surface area (Å²) >= 11 is 0. The van der Waals surface area contributed by atoms with Crippen LogP contribution in [0.3, 0.4) is 0 Å². The van der Waals surface area contributed by atoms with Crippen molar-refractivity contribution in [1.82, 2.24) is 0 Å². The normalized spacial score (nSPS) is 36.6. The van der Waals surface area contributed by atoms with E-state index in [0.717, 1.165) is 0 Å². The van der Waals surface area contributed by atoms with Gasteiger partial charge < -0.3 is 4.43 Å². The number of hydrogen-bond donors (Lipinski definition) is 0. The molecule has 0 saturated heterocycles. The van der Waals surface area contributed by atoms with Crippen LogP contribution in [-0.4, -0.2) is 15.4 Å². The van der Waals surface area contributed by atoms with Crippen LogP contribution >= 0.6 is 0 Å². The van der Waals surface area contributed by atoms with Gasteiger partial charge in [-0.05, 0) is 30.2 Å². The fraction of sp³-hybridized carbons (Fsp3) is 0.429. The fourth-order valence-electron chi connectivity index (χ4n) is 3.30. The Morgan fingerprint density at radius 3 is 2.81 bits per heavy atom. The van der Waals surface area contributed by atoms with Crippen molar-refractivity contribution in [3.05, 3.63) is 48.0 Å². The lowest BCUT2D eigenvalue weighted by molar-refractivity contribution is 0.138. The predicted octanol–water partition coefficient (Wildman–Crippen LogP) is 2.64. The lowest BCUT2D eigenvalue weighted by atomic mass is 9.86. The number of hydrogen-bond acceptors (Lipinski definition) is 1. The topological polar surface area (TPSA) is 9.23 Å². The van der Waals surface area contributed by atoms with Gasteiger partial charge >= 0.3 is 0 Å². The van der Waals surface area contributed by atoms with Crippen LogP contribution in [0, 0.1) is 5.92 Å². The molecule has 0 spiro atoms. The zero-order chi connectivity index (χ0) is 11.0. The molecule has 0 aromatic heterocycles. The Balaban J connectivity index is 1.85. The molecule has 0 radical (unpaired) electrons. The van der Waals surface area contributed by atoms with Gasteiger partial charge in [-0.2, -0.15) is 0 Å². The highest BCUT2D eigenvalue weighted by Gasteiger charge is 2.47. The summed E-state index contributed by atoms with van der Waals surface area (Å²) in [5, 5.41) is 0. The SMILES string of the molecule is C[SiH2]OC12C=CC(C1)C(c1ccccc1)C2. The fourth-order valence-corrected chi connectivity index (χ4v) is 4.21. The first kappa shape index (κ1) is 10.3. The average Bonchev–Trinajstić information content (AvgIpc) is 2.88. The molecule has 16 heavy (non-hydrogen) atoms. The highest BCUT2D eigenvalue weighted by molar-refractivity contribution is 6.25. The van der Waals surface area contributed by atoms with Gasteiger partial charge in [-0.15, -0.1) is 0 Å². The number of allylic oxidation sites excluding steroid dienone is 1. The Morgan fingerprint density at radius 2 is 2.06 bits per heavy atom. The number of rotatable bonds is 3. The highest BCUT2D eigenvalue weighted by Crippen LogP contribution is 2.52. The standard InChI is InChI=1S/C14H18OSi/c1-16-15-14-8-7-12(9-14)13(10-14)11-5-3-2-4-6-11/h2-8,12-13H,9-10,16H2,1H3. The van der Waals surface area contributed by atoms with Gasteiger partial charge in [0.2, 0.25) is 0 Å². The first-order valence-corrected chi connectivity index (χ1v) is 8.20. The quantitative estimate of drug-likeness (QED) is 0.573. The van der Waals surface area contributed by atoms with E-state index >= 15 is 0 Å². The summed E-state index contributed by atoms with van der Waals surface area (Å²) in [6, 6.07) is 10.9. The van der Waals surface area contributed by atoms with Gasteiger partial charge in [0.25, 0.3) is 0 Å². The Bertz CT molecular complexity index is 400. The van der Waals surface area contributed by atoms with Crippen molar-refractivity contribution >= 4 is 9.76 Å². The van der Waals surface area contributed by atoms with E-state index in [1.807, 2.05) is 0 Å². The molecule has 2 aliphatic carbocycles. The second-order valence-electron chi connectivity index (χ2n) is 4.95. The summed E-state index contributed by atoms with van der Waals surface area (Å²) in [5.74, 6) is 1.40. The molecular weight excluding hydrogens is 212 g/mol. The van der Waals surface area contributed by atoms with Gasteiger partial charge in [0.15, 0.2) is 9.76 Å². The van der Waals surface area contributed by atoms with Gasteiger partial charge in [0.05, 0.1) is 5.60 Å². The van der Waals surface area contributed by atoms with Crippen LogP contribution < -0.4 is 0 Å². The zero-order valence-electron chi connectivity index (χ0n) is 9.73. The van der Waals surface area contributed by atoms with Crippen molar-refractivity contribution < 1.29 is 4.43 Å². The predicted molar refractivity (Wildman–Crippen MR) is 69.3 cm³/mol. The maximum atomic E-state index is 6.09. The molecule has 2 aliphatic rings. The summed E-state index contributed by atoms with van der Waals surface area (Å²) in [4.78, 5) is 0. The molecule has 1 nitrogen and oxygen atoms in total. The summed E-state index contributed by atoms with van der Waals surface area (Å²) in [6.07, 6.45) is 7.12. The van der Waals surface area contributed by atoms with Crippen molar-refractivity contribution in [2.75, 3.05) is 0 Å². The summed E-state index contributed by atoms with van der Waals surface area (Å²) in [5.41, 5.74) is 1.60. The molecule has 2 bridgehead atoms. The molecule has 1 aromatic rings. The average molecular weight is 230 g/mol. The second kappa shape index (κ2) is 3.86. The van der Waals surface area contributed by atoms with E-state index in [1.165, 1.54) is 18.4 Å². The van der Waals surface area contributed by atoms with Crippen molar-refractivity contribution in [3.63, 3.8) is 0 Å². The third-order valence-electron chi connectivity index (χ3n) is 3.97. The van der Waals surface area contributed by atoms with E-state index in [2.05, 4.69) is 49.0 Å². The van der Waals surface area contributed by atoms with E-state index in [0.29, 0.717) is 11.8 Å². The molecule has 1 fully saturated rings. The molecule has 2 heteroatoms. The van der Waals surface area contributed by atoms with Crippen LogP contribution in [0.1, 0.15) is 24.3 Å². The Labute approximate surface area is 99.5 Å². The van der Waals surface area contributed by atoms with Crippen LogP contribution in [0.25, 0.3) is 0 Å². The van der Waals surface area contributed by atoms with Gasteiger partial charge in [-0.3, -0.25) is 0 Å². The first-order valence-electron chi connectivity index (χ1n) is 6.21. The first-order chi connectivity index (χ1) is 7.83. The van der Waals surface area contributed by atoms with Crippen LogP contribution in [0.2, 0.25) is 6.55 Å². The zero-order valence-corrected chi connectivity index (χ0v) is 11.1. The van der Waals surface area contributed by atoms with E-state index < -0.39 is 0 Å². The van der Waals surface area contributed by atoms with E-state index in [4.69, 9.17) is 4.43 Å².